The van der Waals surface area contributed by atoms with Crippen molar-refractivity contribution in [2.45, 2.75) is 19.9 Å². The summed E-state index contributed by atoms with van der Waals surface area (Å²) in [5, 5.41) is 13.7. The van der Waals surface area contributed by atoms with E-state index in [9.17, 15) is 14.0 Å². The molecule has 7 heteroatoms. The highest BCUT2D eigenvalue weighted by atomic mass is 19.1. The van der Waals surface area contributed by atoms with Crippen molar-refractivity contribution in [2.75, 3.05) is 18.5 Å². The molecule has 0 aliphatic carbocycles. The van der Waals surface area contributed by atoms with E-state index in [1.165, 1.54) is 12.1 Å². The van der Waals surface area contributed by atoms with Crippen LogP contribution in [0.1, 0.15) is 24.2 Å². The van der Waals surface area contributed by atoms with Gasteiger partial charge in [-0.2, -0.15) is 0 Å². The number of ether oxygens (including phenoxy) is 1. The molecule has 1 rings (SSSR count). The number of carboxylic acids is 1. The van der Waals surface area contributed by atoms with Gasteiger partial charge in [-0.1, -0.05) is 6.07 Å². The summed E-state index contributed by atoms with van der Waals surface area (Å²) >= 11 is 0. The molecule has 0 aliphatic heterocycles. The van der Waals surface area contributed by atoms with E-state index >= 15 is 0 Å². The second kappa shape index (κ2) is 7.44. The second-order valence-electron chi connectivity index (χ2n) is 4.13. The Morgan fingerprint density at radius 1 is 1.45 bits per heavy atom. The highest BCUT2D eigenvalue weighted by Gasteiger charge is 2.17. The molecule has 0 aliphatic rings. The van der Waals surface area contributed by atoms with Crippen LogP contribution in [0.15, 0.2) is 18.2 Å². The number of hydrogen-bond acceptors (Lipinski definition) is 3. The van der Waals surface area contributed by atoms with Crippen molar-refractivity contribution in [1.82, 2.24) is 5.32 Å². The molecule has 1 unspecified atom stereocenters. The van der Waals surface area contributed by atoms with Gasteiger partial charge in [0, 0.05) is 6.61 Å². The molecule has 0 saturated carbocycles. The van der Waals surface area contributed by atoms with Crippen molar-refractivity contribution in [1.29, 1.82) is 0 Å². The third kappa shape index (κ3) is 4.51. The van der Waals surface area contributed by atoms with Gasteiger partial charge in [0.2, 0.25) is 0 Å². The van der Waals surface area contributed by atoms with Crippen LogP contribution in [-0.2, 0) is 4.74 Å². The van der Waals surface area contributed by atoms with Crippen molar-refractivity contribution in [3.8, 4) is 0 Å². The maximum absolute atomic E-state index is 13.6. The van der Waals surface area contributed by atoms with Crippen molar-refractivity contribution < 1.29 is 23.8 Å². The molecule has 6 nitrogen and oxygen atoms in total. The summed E-state index contributed by atoms with van der Waals surface area (Å²) in [5.41, 5.74) is -0.668. The molecule has 0 saturated heterocycles. The van der Waals surface area contributed by atoms with Gasteiger partial charge in [0.05, 0.1) is 23.9 Å². The summed E-state index contributed by atoms with van der Waals surface area (Å²) in [6, 6.07) is 2.58. The van der Waals surface area contributed by atoms with Crippen LogP contribution in [0.4, 0.5) is 14.9 Å². The zero-order chi connectivity index (χ0) is 15.1. The van der Waals surface area contributed by atoms with E-state index in [0.29, 0.717) is 13.2 Å². The predicted octanol–water partition coefficient (Wildman–Crippen LogP) is 2.07. The van der Waals surface area contributed by atoms with E-state index in [1.807, 2.05) is 6.92 Å². The van der Waals surface area contributed by atoms with Crippen molar-refractivity contribution in [3.05, 3.63) is 29.6 Å². The number of anilines is 1. The lowest BCUT2D eigenvalue weighted by molar-refractivity contribution is 0.0697. The summed E-state index contributed by atoms with van der Waals surface area (Å²) in [7, 11) is 0. The normalized spacial score (nSPS) is 11.8. The summed E-state index contributed by atoms with van der Waals surface area (Å²) in [4.78, 5) is 22.6. The number of carbonyl (C=O) groups excluding carboxylic acids is 1. The number of aromatic carboxylic acids is 1. The number of carbonyl (C=O) groups is 2. The highest BCUT2D eigenvalue weighted by Crippen LogP contribution is 2.19. The fourth-order valence-corrected chi connectivity index (χ4v) is 1.54. The topological polar surface area (TPSA) is 87.7 Å². The quantitative estimate of drug-likeness (QED) is 0.746. The first-order valence-electron chi connectivity index (χ1n) is 6.12. The second-order valence-corrected chi connectivity index (χ2v) is 4.13. The number of carboxylic acid groups (broad SMARTS) is 1. The highest BCUT2D eigenvalue weighted by molar-refractivity contribution is 6.00. The van der Waals surface area contributed by atoms with Crippen LogP contribution in [0.5, 0.6) is 0 Å². The average molecular weight is 284 g/mol. The minimum atomic E-state index is -1.32. The molecule has 0 aromatic heterocycles. The molecule has 0 heterocycles. The molecule has 2 amide bonds. The Morgan fingerprint density at radius 3 is 2.75 bits per heavy atom. The number of benzene rings is 1. The first kappa shape index (κ1) is 15.9. The lowest BCUT2D eigenvalue weighted by Gasteiger charge is -2.15. The van der Waals surface area contributed by atoms with Gasteiger partial charge in [0.1, 0.15) is 5.82 Å². The predicted molar refractivity (Wildman–Crippen MR) is 71.5 cm³/mol. The third-order valence-electron chi connectivity index (χ3n) is 2.43. The summed E-state index contributed by atoms with van der Waals surface area (Å²) in [6.07, 6.45) is 0. The lowest BCUT2D eigenvalue weighted by atomic mass is 10.1. The van der Waals surface area contributed by atoms with Gasteiger partial charge < -0.3 is 20.5 Å². The number of amides is 2. The average Bonchev–Trinajstić information content (AvgIpc) is 2.38. The van der Waals surface area contributed by atoms with E-state index in [0.717, 1.165) is 6.07 Å². The molecule has 0 bridgehead atoms. The first-order valence-corrected chi connectivity index (χ1v) is 6.12. The van der Waals surface area contributed by atoms with Crippen LogP contribution in [0, 0.1) is 5.82 Å². The lowest BCUT2D eigenvalue weighted by Crippen LogP contribution is -2.39. The van der Waals surface area contributed by atoms with Gasteiger partial charge in [-0.05, 0) is 26.0 Å². The molecule has 1 aromatic rings. The Morgan fingerprint density at radius 2 is 2.15 bits per heavy atom. The molecule has 110 valence electrons. The molecule has 0 spiro atoms. The van der Waals surface area contributed by atoms with Crippen LogP contribution >= 0.6 is 0 Å². The first-order chi connectivity index (χ1) is 9.45. The van der Waals surface area contributed by atoms with E-state index in [1.54, 1.807) is 6.92 Å². The SMILES string of the molecule is CCOCC(C)NC(=O)Nc1c(F)cccc1C(=O)O. The van der Waals surface area contributed by atoms with Crippen molar-refractivity contribution in [2.24, 2.45) is 0 Å². The number of urea groups is 1. The van der Waals surface area contributed by atoms with E-state index in [2.05, 4.69) is 10.6 Å². The summed E-state index contributed by atoms with van der Waals surface area (Å²) in [6.45, 7) is 4.37. The Labute approximate surface area is 115 Å². The van der Waals surface area contributed by atoms with Gasteiger partial charge in [0.25, 0.3) is 0 Å². The van der Waals surface area contributed by atoms with Gasteiger partial charge in [-0.3, -0.25) is 0 Å². The fourth-order valence-electron chi connectivity index (χ4n) is 1.54. The Bertz CT molecular complexity index is 493. The Hall–Kier alpha value is -2.15. The largest absolute Gasteiger partial charge is 0.478 e. The number of halogens is 1. The minimum Gasteiger partial charge on any atom is -0.478 e. The van der Waals surface area contributed by atoms with E-state index in [4.69, 9.17) is 9.84 Å². The van der Waals surface area contributed by atoms with Crippen LogP contribution in [0.2, 0.25) is 0 Å². The Kier molecular flexibility index (Phi) is 5.92. The smallest absolute Gasteiger partial charge is 0.337 e. The van der Waals surface area contributed by atoms with Gasteiger partial charge in [0.15, 0.2) is 0 Å². The van der Waals surface area contributed by atoms with Gasteiger partial charge in [-0.25, -0.2) is 14.0 Å². The van der Waals surface area contributed by atoms with E-state index < -0.39 is 17.8 Å². The monoisotopic (exact) mass is 284 g/mol. The standard InChI is InChI=1S/C13H17FN2O4/c1-3-20-7-8(2)15-13(19)16-11-9(12(17)18)5-4-6-10(11)14/h4-6,8H,3,7H2,1-2H3,(H,17,18)(H2,15,16,19). The maximum atomic E-state index is 13.6. The number of nitrogens with one attached hydrogen (secondary N) is 2. The molecular formula is C13H17FN2O4. The van der Waals surface area contributed by atoms with E-state index in [-0.39, 0.29) is 17.3 Å². The van der Waals surface area contributed by atoms with Crippen LogP contribution in [-0.4, -0.2) is 36.4 Å². The Balaban J connectivity index is 2.73. The van der Waals surface area contributed by atoms with Crippen molar-refractivity contribution >= 4 is 17.7 Å². The molecule has 0 fully saturated rings. The molecule has 0 radical (unpaired) electrons. The van der Waals surface area contributed by atoms with Crippen LogP contribution in [0.3, 0.4) is 0 Å². The molecular weight excluding hydrogens is 267 g/mol. The van der Waals surface area contributed by atoms with Crippen LogP contribution in [0.25, 0.3) is 0 Å². The van der Waals surface area contributed by atoms with Crippen LogP contribution < -0.4 is 10.6 Å². The van der Waals surface area contributed by atoms with Crippen molar-refractivity contribution in [3.63, 3.8) is 0 Å². The minimum absolute atomic E-state index is 0.282. The number of rotatable bonds is 6. The molecule has 20 heavy (non-hydrogen) atoms. The maximum Gasteiger partial charge on any atom is 0.337 e. The molecule has 1 atom stereocenters. The van der Waals surface area contributed by atoms with Gasteiger partial charge in [-0.15, -0.1) is 0 Å². The number of para-hydroxylation sites is 1. The number of hydrogen-bond donors (Lipinski definition) is 3. The summed E-state index contributed by atoms with van der Waals surface area (Å²) < 4.78 is 18.7. The molecule has 3 N–H and O–H groups in total. The van der Waals surface area contributed by atoms with Gasteiger partial charge >= 0.3 is 12.0 Å². The molecule has 1 aromatic carbocycles. The summed E-state index contributed by atoms with van der Waals surface area (Å²) in [5.74, 6) is -2.13. The fraction of sp³-hybridized carbons (Fsp3) is 0.385. The third-order valence-corrected chi connectivity index (χ3v) is 2.43. The zero-order valence-corrected chi connectivity index (χ0v) is 11.3. The zero-order valence-electron chi connectivity index (χ0n) is 11.3.